The van der Waals surface area contributed by atoms with Gasteiger partial charge in [0, 0.05) is 17.8 Å². The van der Waals surface area contributed by atoms with E-state index in [1.54, 1.807) is 0 Å². The second-order valence-corrected chi connectivity index (χ2v) is 5.08. The smallest absolute Gasteiger partial charge is 0.103 e. The van der Waals surface area contributed by atoms with E-state index in [9.17, 15) is 5.26 Å². The summed E-state index contributed by atoms with van der Waals surface area (Å²) >= 11 is 0. The average Bonchev–Trinajstić information content (AvgIpc) is 2.31. The molecule has 0 aliphatic heterocycles. The molecule has 1 heterocycles. The van der Waals surface area contributed by atoms with Gasteiger partial charge in [0.25, 0.3) is 0 Å². The minimum Gasteiger partial charge on any atom is -0.380 e. The number of aromatic nitrogens is 1. The first-order valence-electron chi connectivity index (χ1n) is 6.52. The van der Waals surface area contributed by atoms with Crippen molar-refractivity contribution in [2.75, 3.05) is 5.32 Å². The summed E-state index contributed by atoms with van der Waals surface area (Å²) < 4.78 is 0. The van der Waals surface area contributed by atoms with Gasteiger partial charge in [0.05, 0.1) is 16.9 Å². The highest BCUT2D eigenvalue weighted by Crippen LogP contribution is 2.24. The van der Waals surface area contributed by atoms with Gasteiger partial charge in [-0.2, -0.15) is 5.26 Å². The molecule has 4 heteroatoms. The molecule has 0 saturated heterocycles. The lowest BCUT2D eigenvalue weighted by molar-refractivity contribution is 0.404. The molecule has 4 nitrogen and oxygen atoms in total. The fraction of sp³-hybridized carbons (Fsp3) is 0.571. The van der Waals surface area contributed by atoms with E-state index in [2.05, 4.69) is 16.4 Å². The Morgan fingerprint density at radius 1 is 1.39 bits per heavy atom. The standard InChI is InChI=1S/C14H20N4/c1-9-7-14(11(8-15)10(2)17-9)18-13-6-4-3-5-12(13)16/h7,12-13H,3-6,16H2,1-2H3,(H,17,18)/t12-,13-/m1/s1. The Labute approximate surface area is 108 Å². The van der Waals surface area contributed by atoms with Gasteiger partial charge in [-0.05, 0) is 32.8 Å². The van der Waals surface area contributed by atoms with Crippen molar-refractivity contribution in [2.45, 2.75) is 51.6 Å². The molecule has 18 heavy (non-hydrogen) atoms. The number of rotatable bonds is 2. The Kier molecular flexibility index (Phi) is 3.83. The molecule has 1 aromatic rings. The van der Waals surface area contributed by atoms with Gasteiger partial charge in [-0.15, -0.1) is 0 Å². The van der Waals surface area contributed by atoms with Crippen LogP contribution in [0, 0.1) is 25.2 Å². The van der Waals surface area contributed by atoms with E-state index in [0.717, 1.165) is 29.9 Å². The maximum absolute atomic E-state index is 9.22. The maximum atomic E-state index is 9.22. The lowest BCUT2D eigenvalue weighted by atomic mass is 9.90. The van der Waals surface area contributed by atoms with Gasteiger partial charge >= 0.3 is 0 Å². The van der Waals surface area contributed by atoms with E-state index in [-0.39, 0.29) is 12.1 Å². The van der Waals surface area contributed by atoms with Gasteiger partial charge in [0.15, 0.2) is 0 Å². The zero-order valence-electron chi connectivity index (χ0n) is 11.0. The third kappa shape index (κ3) is 2.62. The van der Waals surface area contributed by atoms with E-state index in [1.165, 1.54) is 12.8 Å². The van der Waals surface area contributed by atoms with Crippen LogP contribution in [0.3, 0.4) is 0 Å². The third-order valence-electron chi connectivity index (χ3n) is 3.60. The Hall–Kier alpha value is -1.60. The van der Waals surface area contributed by atoms with Crippen molar-refractivity contribution in [3.05, 3.63) is 23.0 Å². The van der Waals surface area contributed by atoms with Crippen LogP contribution in [0.1, 0.15) is 42.6 Å². The first kappa shape index (κ1) is 12.8. The normalized spacial score (nSPS) is 23.4. The average molecular weight is 244 g/mol. The van der Waals surface area contributed by atoms with Crippen molar-refractivity contribution in [2.24, 2.45) is 5.73 Å². The van der Waals surface area contributed by atoms with E-state index in [0.29, 0.717) is 5.56 Å². The second-order valence-electron chi connectivity index (χ2n) is 5.08. The Bertz CT molecular complexity index is 475. The molecule has 0 spiro atoms. The minimum absolute atomic E-state index is 0.180. The Balaban J connectivity index is 2.25. The number of nitriles is 1. The molecule has 0 amide bonds. The molecule has 1 fully saturated rings. The molecule has 96 valence electrons. The predicted octanol–water partition coefficient (Wildman–Crippen LogP) is 2.25. The number of anilines is 1. The van der Waals surface area contributed by atoms with Gasteiger partial charge in [-0.1, -0.05) is 12.8 Å². The molecule has 0 unspecified atom stereocenters. The maximum Gasteiger partial charge on any atom is 0.103 e. The number of nitrogens with one attached hydrogen (secondary N) is 1. The molecule has 3 N–H and O–H groups in total. The van der Waals surface area contributed by atoms with Crippen LogP contribution in [0.25, 0.3) is 0 Å². The van der Waals surface area contributed by atoms with E-state index in [1.807, 2.05) is 19.9 Å². The monoisotopic (exact) mass is 244 g/mol. The van der Waals surface area contributed by atoms with Crippen LogP contribution in [0.4, 0.5) is 5.69 Å². The molecule has 1 saturated carbocycles. The number of nitrogens with two attached hydrogens (primary N) is 1. The summed E-state index contributed by atoms with van der Waals surface area (Å²) in [6, 6.07) is 4.62. The molecular formula is C14H20N4. The molecule has 0 aromatic carbocycles. The third-order valence-corrected chi connectivity index (χ3v) is 3.60. The Morgan fingerprint density at radius 3 is 2.78 bits per heavy atom. The highest BCUT2D eigenvalue weighted by Gasteiger charge is 2.22. The summed E-state index contributed by atoms with van der Waals surface area (Å²) in [7, 11) is 0. The molecular weight excluding hydrogens is 224 g/mol. The summed E-state index contributed by atoms with van der Waals surface area (Å²) in [5.74, 6) is 0. The summed E-state index contributed by atoms with van der Waals surface area (Å²) in [5.41, 5.74) is 9.36. The van der Waals surface area contributed by atoms with Gasteiger partial charge in [-0.3, -0.25) is 4.98 Å². The zero-order chi connectivity index (χ0) is 13.1. The van der Waals surface area contributed by atoms with E-state index >= 15 is 0 Å². The van der Waals surface area contributed by atoms with Crippen molar-refractivity contribution in [3.8, 4) is 6.07 Å². The first-order chi connectivity index (χ1) is 8.61. The van der Waals surface area contributed by atoms with E-state index < -0.39 is 0 Å². The quantitative estimate of drug-likeness (QED) is 0.836. The molecule has 2 atom stereocenters. The number of aryl methyl sites for hydroxylation is 2. The topological polar surface area (TPSA) is 74.7 Å². The molecule has 0 bridgehead atoms. The molecule has 0 radical (unpaired) electrons. The van der Waals surface area contributed by atoms with Crippen molar-refractivity contribution < 1.29 is 0 Å². The lowest BCUT2D eigenvalue weighted by Crippen LogP contribution is -2.42. The SMILES string of the molecule is Cc1cc(N[C@@H]2CCCC[C@H]2N)c(C#N)c(C)n1. The minimum atomic E-state index is 0.180. The fourth-order valence-corrected chi connectivity index (χ4v) is 2.62. The van der Waals surface area contributed by atoms with Crippen LogP contribution >= 0.6 is 0 Å². The van der Waals surface area contributed by atoms with Crippen LogP contribution in [-0.4, -0.2) is 17.1 Å². The van der Waals surface area contributed by atoms with Crippen LogP contribution in [0.15, 0.2) is 6.07 Å². The molecule has 1 aliphatic carbocycles. The van der Waals surface area contributed by atoms with Crippen LogP contribution in [0.2, 0.25) is 0 Å². The van der Waals surface area contributed by atoms with Crippen LogP contribution in [0.5, 0.6) is 0 Å². The first-order valence-corrected chi connectivity index (χ1v) is 6.52. The largest absolute Gasteiger partial charge is 0.380 e. The zero-order valence-corrected chi connectivity index (χ0v) is 11.0. The van der Waals surface area contributed by atoms with Crippen molar-refractivity contribution >= 4 is 5.69 Å². The molecule has 1 aromatic heterocycles. The highest BCUT2D eigenvalue weighted by molar-refractivity contribution is 5.60. The van der Waals surface area contributed by atoms with Crippen LogP contribution < -0.4 is 11.1 Å². The van der Waals surface area contributed by atoms with Crippen molar-refractivity contribution in [1.29, 1.82) is 5.26 Å². The van der Waals surface area contributed by atoms with Gasteiger partial charge in [0.2, 0.25) is 0 Å². The summed E-state index contributed by atoms with van der Waals surface area (Å²) in [6.07, 6.45) is 4.55. The van der Waals surface area contributed by atoms with Crippen LogP contribution in [-0.2, 0) is 0 Å². The summed E-state index contributed by atoms with van der Waals surface area (Å²) in [6.45, 7) is 3.82. The molecule has 1 aliphatic rings. The van der Waals surface area contributed by atoms with Gasteiger partial charge in [0.1, 0.15) is 6.07 Å². The lowest BCUT2D eigenvalue weighted by Gasteiger charge is -2.30. The Morgan fingerprint density at radius 2 is 2.11 bits per heavy atom. The number of pyridine rings is 1. The van der Waals surface area contributed by atoms with Crippen molar-refractivity contribution in [1.82, 2.24) is 4.98 Å². The molecule has 2 rings (SSSR count). The summed E-state index contributed by atoms with van der Waals surface area (Å²) in [4.78, 5) is 4.32. The van der Waals surface area contributed by atoms with E-state index in [4.69, 9.17) is 5.73 Å². The predicted molar refractivity (Wildman–Crippen MR) is 72.3 cm³/mol. The van der Waals surface area contributed by atoms with Crippen molar-refractivity contribution in [3.63, 3.8) is 0 Å². The number of nitrogens with zero attached hydrogens (tertiary/aromatic N) is 2. The number of hydrogen-bond acceptors (Lipinski definition) is 4. The van der Waals surface area contributed by atoms with Gasteiger partial charge in [-0.25, -0.2) is 0 Å². The second kappa shape index (κ2) is 5.36. The summed E-state index contributed by atoms with van der Waals surface area (Å²) in [5, 5.41) is 12.7. The number of hydrogen-bond donors (Lipinski definition) is 2. The highest BCUT2D eigenvalue weighted by atomic mass is 15.0. The fourth-order valence-electron chi connectivity index (χ4n) is 2.62. The van der Waals surface area contributed by atoms with Gasteiger partial charge < -0.3 is 11.1 Å².